The van der Waals surface area contributed by atoms with Crippen molar-refractivity contribution < 1.29 is 75.8 Å². The first-order valence-electron chi connectivity index (χ1n) is 38.8. The number of phosphoric ester groups is 2. The quantitative estimate of drug-likeness (QED) is 0.0146. The Morgan fingerprint density at radius 2 is 0.535 bits per heavy atom. The summed E-state index contributed by atoms with van der Waals surface area (Å²) in [4.78, 5) is 58.5. The molecule has 0 radical (unpaired) electrons. The van der Waals surface area contributed by atoms with E-state index in [0.717, 1.165) is 141 Å². The van der Waals surface area contributed by atoms with Crippen LogP contribution in [0.5, 0.6) is 0 Å². The van der Waals surface area contributed by atoms with Crippen LogP contribution in [0.15, 0.2) is 122 Å². The zero-order valence-electron chi connectivity index (χ0n) is 62.1. The molecule has 0 saturated carbocycles. The fourth-order valence-corrected chi connectivity index (χ4v) is 11.9. The second-order valence-electron chi connectivity index (χ2n) is 25.7. The summed E-state index contributed by atoms with van der Waals surface area (Å²) in [6.45, 7) is 2.39. The van der Waals surface area contributed by atoms with E-state index in [1.54, 1.807) is 0 Å². The van der Waals surface area contributed by atoms with Gasteiger partial charge >= 0.3 is 33.6 Å². The first kappa shape index (κ1) is 94.9. The van der Waals surface area contributed by atoms with Gasteiger partial charge < -0.3 is 34.2 Å². The number of unbranched alkanes of at least 4 members (excludes halogenated alkanes) is 30. The Morgan fingerprint density at radius 1 is 0.293 bits per heavy atom. The molecule has 0 aromatic carbocycles. The summed E-state index contributed by atoms with van der Waals surface area (Å²) in [5, 5.41) is 20.6. The van der Waals surface area contributed by atoms with E-state index in [2.05, 4.69) is 142 Å². The number of hydrogen-bond donors (Lipinski definition) is 4. The molecule has 0 aliphatic carbocycles. The summed E-state index contributed by atoms with van der Waals surface area (Å²) >= 11 is 0. The molecule has 0 spiro atoms. The second kappa shape index (κ2) is 73.7. The fraction of sp³-hybridized carbons (Fsp3) is 0.716. The lowest BCUT2D eigenvalue weighted by atomic mass is 10.0. The molecule has 0 amide bonds. The van der Waals surface area contributed by atoms with E-state index in [-0.39, 0.29) is 19.3 Å². The van der Waals surface area contributed by atoms with Crippen LogP contribution in [0.3, 0.4) is 0 Å². The second-order valence-corrected chi connectivity index (χ2v) is 28.7. The smallest absolute Gasteiger partial charge is 0.463 e. The summed E-state index contributed by atoms with van der Waals surface area (Å²) < 4.78 is 61.0. The molecule has 0 aliphatic heterocycles. The molecule has 16 nitrogen and oxygen atoms in total. The molecule has 570 valence electrons. The molecule has 4 N–H and O–H groups in total. The lowest BCUT2D eigenvalue weighted by Crippen LogP contribution is -2.30. The van der Waals surface area contributed by atoms with Gasteiger partial charge in [0.25, 0.3) is 0 Å². The number of phosphoric acid groups is 2. The van der Waals surface area contributed by atoms with Crippen molar-refractivity contribution in [3.05, 3.63) is 122 Å². The predicted octanol–water partition coefficient (Wildman–Crippen LogP) is 22.5. The van der Waals surface area contributed by atoms with Gasteiger partial charge in [-0.2, -0.15) is 0 Å². The van der Waals surface area contributed by atoms with E-state index in [1.165, 1.54) is 116 Å². The van der Waals surface area contributed by atoms with Gasteiger partial charge in [0, 0.05) is 19.3 Å². The minimum Gasteiger partial charge on any atom is -0.463 e. The first-order valence-corrected chi connectivity index (χ1v) is 41.8. The molecule has 0 aromatic rings. The highest BCUT2D eigenvalue weighted by molar-refractivity contribution is 7.47. The van der Waals surface area contributed by atoms with E-state index >= 15 is 0 Å². The van der Waals surface area contributed by atoms with Crippen molar-refractivity contribution in [2.75, 3.05) is 39.6 Å². The average molecular weight is 1430 g/mol. The minimum atomic E-state index is -4.94. The zero-order chi connectivity index (χ0) is 72.3. The monoisotopic (exact) mass is 1430 g/mol. The Morgan fingerprint density at radius 3 is 0.848 bits per heavy atom. The van der Waals surface area contributed by atoms with Gasteiger partial charge in [-0.1, -0.05) is 290 Å². The van der Waals surface area contributed by atoms with Gasteiger partial charge in [-0.05, 0) is 128 Å². The van der Waals surface area contributed by atoms with Crippen LogP contribution < -0.4 is 0 Å². The van der Waals surface area contributed by atoms with E-state index in [9.17, 15) is 43.5 Å². The molecule has 0 aliphatic rings. The summed E-state index contributed by atoms with van der Waals surface area (Å²) in [6, 6.07) is 0. The molecule has 0 rings (SSSR count). The van der Waals surface area contributed by atoms with Crippen LogP contribution >= 0.6 is 15.6 Å². The molecule has 0 bridgehead atoms. The number of aliphatic hydroxyl groups is 2. The normalized spacial score (nSPS) is 14.7. The van der Waals surface area contributed by atoms with Crippen molar-refractivity contribution in [3.63, 3.8) is 0 Å². The SMILES string of the molecule is CC/C=C\C/C=C\C/C=C\CCCCCCCC(=O)OCC(COP(=O)(O)OCC(O)COP(=O)(O)OCC(O)COC(=O)CCCCCCCCCCCCCCCCCCC/C=C\C/C=C\C/C=C\C/C=C\CCCCC)OC(=O)CCCCCCC/C=C\C/C=C\C/C=C\CC. The van der Waals surface area contributed by atoms with Gasteiger partial charge in [-0.25, -0.2) is 9.13 Å². The molecule has 18 heteroatoms. The third-order valence-corrected chi connectivity index (χ3v) is 18.1. The number of ether oxygens (including phenoxy) is 3. The molecular formula is C81H140O16P2. The van der Waals surface area contributed by atoms with Crippen molar-refractivity contribution >= 4 is 33.6 Å². The number of carbonyl (C=O) groups excluding carboxylic acids is 3. The summed E-state index contributed by atoms with van der Waals surface area (Å²) in [5.41, 5.74) is 0. The van der Waals surface area contributed by atoms with Crippen molar-refractivity contribution in [2.24, 2.45) is 0 Å². The molecule has 99 heavy (non-hydrogen) atoms. The number of allylic oxidation sites excluding steroid dienone is 20. The minimum absolute atomic E-state index is 0.0793. The summed E-state index contributed by atoms with van der Waals surface area (Å²) in [5.74, 6) is -1.61. The molecular weight excluding hydrogens is 1290 g/mol. The van der Waals surface area contributed by atoms with Crippen LogP contribution in [-0.2, 0) is 55.8 Å². The van der Waals surface area contributed by atoms with E-state index in [0.29, 0.717) is 19.3 Å². The molecule has 0 aromatic heterocycles. The average Bonchev–Trinajstić information content (AvgIpc) is 2.42. The molecule has 0 saturated heterocycles. The topological polar surface area (TPSA) is 231 Å². The van der Waals surface area contributed by atoms with E-state index < -0.39 is 91.5 Å². The number of esters is 3. The van der Waals surface area contributed by atoms with Crippen molar-refractivity contribution in [3.8, 4) is 0 Å². The van der Waals surface area contributed by atoms with E-state index in [1.807, 2.05) is 0 Å². The third-order valence-electron chi connectivity index (χ3n) is 16.2. The van der Waals surface area contributed by atoms with Gasteiger partial charge in [-0.3, -0.25) is 32.5 Å². The highest BCUT2D eigenvalue weighted by atomic mass is 31.2. The van der Waals surface area contributed by atoms with Crippen molar-refractivity contribution in [2.45, 2.75) is 334 Å². The highest BCUT2D eigenvalue weighted by Crippen LogP contribution is 2.45. The number of rotatable bonds is 73. The standard InChI is InChI=1S/C81H140O16P2/c1-4-7-10-13-16-19-22-25-28-29-30-31-32-33-34-35-36-37-38-39-40-41-42-43-44-45-48-50-52-55-58-61-64-67-79(84)91-70-76(82)71-93-98(87,88)94-72-77(83)73-95-99(89,90)96-75-78(97-81(86)69-66-63-60-57-54-51-47-27-24-21-18-15-12-9-6-3)74-92-80(85)68-65-62-59-56-53-49-46-26-23-20-17-14-11-8-5-2/h8-9,11-12,16-21,25-28,30-31,33-34,46-47,76-78,82-83H,4-7,10,13-15,22-24,29,32,35-45,48-75H2,1-3H3,(H,87,88)(H,89,90)/b11-8-,12-9-,19-16-,20-17-,21-18-,28-25-,31-30-,34-33-,46-26-,47-27-. The van der Waals surface area contributed by atoms with Gasteiger partial charge in [0.15, 0.2) is 6.10 Å². The van der Waals surface area contributed by atoms with Crippen molar-refractivity contribution in [1.29, 1.82) is 0 Å². The number of carbonyl (C=O) groups is 3. The van der Waals surface area contributed by atoms with Crippen LogP contribution in [0.25, 0.3) is 0 Å². The van der Waals surface area contributed by atoms with Crippen LogP contribution in [0.1, 0.15) is 316 Å². The Hall–Kier alpha value is -4.05. The molecule has 5 unspecified atom stereocenters. The van der Waals surface area contributed by atoms with Gasteiger partial charge in [0.05, 0.1) is 26.4 Å². The van der Waals surface area contributed by atoms with Crippen LogP contribution in [0.4, 0.5) is 0 Å². The summed E-state index contributed by atoms with van der Waals surface area (Å²) in [6.07, 6.45) is 87.0. The van der Waals surface area contributed by atoms with Crippen molar-refractivity contribution in [1.82, 2.24) is 0 Å². The van der Waals surface area contributed by atoms with Crippen LogP contribution in [0, 0.1) is 0 Å². The lowest BCUT2D eigenvalue weighted by Gasteiger charge is -2.21. The van der Waals surface area contributed by atoms with Gasteiger partial charge in [0.2, 0.25) is 0 Å². The Bertz CT molecular complexity index is 2290. The maximum atomic E-state index is 12.9. The van der Waals surface area contributed by atoms with Gasteiger partial charge in [-0.15, -0.1) is 0 Å². The molecule has 0 heterocycles. The fourth-order valence-electron chi connectivity index (χ4n) is 10.3. The first-order chi connectivity index (χ1) is 48.2. The molecule has 5 atom stereocenters. The van der Waals surface area contributed by atoms with Crippen LogP contribution in [-0.4, -0.2) is 95.9 Å². The number of aliphatic hydroxyl groups excluding tert-OH is 2. The zero-order valence-corrected chi connectivity index (χ0v) is 63.9. The predicted molar refractivity (Wildman–Crippen MR) is 408 cm³/mol. The number of hydrogen-bond acceptors (Lipinski definition) is 14. The van der Waals surface area contributed by atoms with Crippen LogP contribution in [0.2, 0.25) is 0 Å². The van der Waals surface area contributed by atoms with E-state index in [4.69, 9.17) is 32.3 Å². The Kier molecular flexibility index (Phi) is 70.7. The lowest BCUT2D eigenvalue weighted by molar-refractivity contribution is -0.161. The van der Waals surface area contributed by atoms with Gasteiger partial charge in [0.1, 0.15) is 25.4 Å². The Labute approximate surface area is 602 Å². The maximum Gasteiger partial charge on any atom is 0.472 e. The summed E-state index contributed by atoms with van der Waals surface area (Å²) in [7, 11) is -9.79. The maximum absolute atomic E-state index is 12.9. The largest absolute Gasteiger partial charge is 0.472 e. The highest BCUT2D eigenvalue weighted by Gasteiger charge is 2.29. The Balaban J connectivity index is 4.40. The molecule has 0 fully saturated rings. The third kappa shape index (κ3) is 74.9.